The standard InChI is InChI=1S/C24H22ClN3O5/c1-2-33-24(32)15-8-10-18(11-9-15)28-22(30)19(25)20(23(28)31)26-17-7-5-6-16(14-17)21(29)27-12-3-4-13-27/h5-11,14,26H,2-4,12-13H2,1H3. The van der Waals surface area contributed by atoms with Crippen LogP contribution in [0.25, 0.3) is 0 Å². The number of amides is 3. The van der Waals surface area contributed by atoms with Crippen LogP contribution in [0.1, 0.15) is 40.5 Å². The van der Waals surface area contributed by atoms with Gasteiger partial charge in [-0.3, -0.25) is 14.4 Å². The summed E-state index contributed by atoms with van der Waals surface area (Å²) in [5.74, 6) is -1.89. The van der Waals surface area contributed by atoms with Gasteiger partial charge in [0.2, 0.25) is 0 Å². The number of benzene rings is 2. The number of esters is 1. The van der Waals surface area contributed by atoms with Gasteiger partial charge in [0.05, 0.1) is 17.9 Å². The molecule has 4 rings (SSSR count). The maximum absolute atomic E-state index is 13.0. The summed E-state index contributed by atoms with van der Waals surface area (Å²) in [6, 6.07) is 12.6. The summed E-state index contributed by atoms with van der Waals surface area (Å²) in [6.45, 7) is 3.39. The highest BCUT2D eigenvalue weighted by Crippen LogP contribution is 2.30. The third-order valence-corrected chi connectivity index (χ3v) is 5.79. The molecule has 1 fully saturated rings. The van der Waals surface area contributed by atoms with Crippen LogP contribution in [0.4, 0.5) is 11.4 Å². The van der Waals surface area contributed by atoms with E-state index < -0.39 is 17.8 Å². The molecule has 2 aromatic rings. The molecule has 8 nitrogen and oxygen atoms in total. The molecule has 3 amide bonds. The first kappa shape index (κ1) is 22.5. The van der Waals surface area contributed by atoms with Crippen molar-refractivity contribution >= 4 is 46.7 Å². The minimum absolute atomic E-state index is 0.0756. The zero-order valence-electron chi connectivity index (χ0n) is 18.0. The molecule has 0 radical (unpaired) electrons. The smallest absolute Gasteiger partial charge is 0.338 e. The fourth-order valence-corrected chi connectivity index (χ4v) is 4.00. The SMILES string of the molecule is CCOC(=O)c1ccc(N2C(=O)C(Cl)=C(Nc3cccc(C(=O)N4CCCC4)c3)C2=O)cc1. The maximum Gasteiger partial charge on any atom is 0.338 e. The van der Waals surface area contributed by atoms with Crippen molar-refractivity contribution in [1.29, 1.82) is 0 Å². The van der Waals surface area contributed by atoms with Crippen LogP contribution in [0.3, 0.4) is 0 Å². The Morgan fingerprint density at radius 3 is 2.36 bits per heavy atom. The van der Waals surface area contributed by atoms with Crippen molar-refractivity contribution in [3.8, 4) is 0 Å². The molecule has 0 unspecified atom stereocenters. The van der Waals surface area contributed by atoms with E-state index in [1.165, 1.54) is 24.3 Å². The Labute approximate surface area is 195 Å². The molecule has 0 spiro atoms. The van der Waals surface area contributed by atoms with Gasteiger partial charge in [-0.1, -0.05) is 17.7 Å². The molecule has 0 aliphatic carbocycles. The van der Waals surface area contributed by atoms with E-state index in [9.17, 15) is 19.2 Å². The molecule has 0 saturated carbocycles. The summed E-state index contributed by atoms with van der Waals surface area (Å²) in [6.07, 6.45) is 1.97. The molecule has 2 aliphatic heterocycles. The van der Waals surface area contributed by atoms with Gasteiger partial charge in [0.25, 0.3) is 17.7 Å². The molecule has 2 heterocycles. The topological polar surface area (TPSA) is 96.0 Å². The fraction of sp³-hybridized carbons (Fsp3) is 0.250. The molecule has 33 heavy (non-hydrogen) atoms. The van der Waals surface area contributed by atoms with Crippen molar-refractivity contribution in [3.05, 3.63) is 70.4 Å². The van der Waals surface area contributed by atoms with E-state index in [2.05, 4.69) is 5.32 Å². The molecule has 1 saturated heterocycles. The van der Waals surface area contributed by atoms with Crippen LogP contribution in [0.5, 0.6) is 0 Å². The Bertz CT molecular complexity index is 1150. The number of likely N-dealkylation sites (tertiary alicyclic amines) is 1. The average Bonchev–Trinajstić information content (AvgIpc) is 3.43. The summed E-state index contributed by atoms with van der Waals surface area (Å²) >= 11 is 6.20. The number of ether oxygens (including phenoxy) is 1. The molecule has 170 valence electrons. The van der Waals surface area contributed by atoms with Gasteiger partial charge in [-0.15, -0.1) is 0 Å². The Morgan fingerprint density at radius 2 is 1.70 bits per heavy atom. The van der Waals surface area contributed by atoms with Crippen LogP contribution in [-0.4, -0.2) is 48.3 Å². The van der Waals surface area contributed by atoms with Crippen LogP contribution in [0.2, 0.25) is 0 Å². The number of hydrogen-bond acceptors (Lipinski definition) is 6. The lowest BCUT2D eigenvalue weighted by Crippen LogP contribution is -2.32. The second-order valence-electron chi connectivity index (χ2n) is 7.61. The zero-order valence-corrected chi connectivity index (χ0v) is 18.7. The minimum Gasteiger partial charge on any atom is -0.462 e. The summed E-state index contributed by atoms with van der Waals surface area (Å²) in [4.78, 5) is 52.9. The molecule has 0 atom stereocenters. The van der Waals surface area contributed by atoms with Gasteiger partial charge in [0.1, 0.15) is 10.7 Å². The van der Waals surface area contributed by atoms with E-state index in [-0.39, 0.29) is 28.9 Å². The van der Waals surface area contributed by atoms with Gasteiger partial charge in [0, 0.05) is 24.3 Å². The van der Waals surface area contributed by atoms with E-state index in [1.54, 1.807) is 36.1 Å². The summed E-state index contributed by atoms with van der Waals surface area (Å²) < 4.78 is 4.94. The van der Waals surface area contributed by atoms with Gasteiger partial charge >= 0.3 is 5.97 Å². The first-order chi connectivity index (χ1) is 15.9. The first-order valence-corrected chi connectivity index (χ1v) is 11.0. The highest BCUT2D eigenvalue weighted by atomic mass is 35.5. The summed E-state index contributed by atoms with van der Waals surface area (Å²) in [5, 5.41) is 2.63. The number of nitrogens with one attached hydrogen (secondary N) is 1. The zero-order chi connectivity index (χ0) is 23.5. The van der Waals surface area contributed by atoms with Gasteiger partial charge in [0.15, 0.2) is 0 Å². The number of anilines is 2. The number of imide groups is 1. The third kappa shape index (κ3) is 4.47. The molecule has 0 bridgehead atoms. The van der Waals surface area contributed by atoms with Crippen LogP contribution < -0.4 is 10.2 Å². The van der Waals surface area contributed by atoms with Gasteiger partial charge in [-0.2, -0.15) is 0 Å². The number of nitrogens with zero attached hydrogens (tertiary/aromatic N) is 2. The Morgan fingerprint density at radius 1 is 1.00 bits per heavy atom. The Kier molecular flexibility index (Phi) is 6.46. The lowest BCUT2D eigenvalue weighted by atomic mass is 10.1. The van der Waals surface area contributed by atoms with Crippen LogP contribution in [-0.2, 0) is 14.3 Å². The first-order valence-electron chi connectivity index (χ1n) is 10.6. The monoisotopic (exact) mass is 467 g/mol. The lowest BCUT2D eigenvalue weighted by Gasteiger charge is -2.17. The van der Waals surface area contributed by atoms with Crippen molar-refractivity contribution in [3.63, 3.8) is 0 Å². The average molecular weight is 468 g/mol. The maximum atomic E-state index is 13.0. The predicted molar refractivity (Wildman–Crippen MR) is 123 cm³/mol. The molecule has 9 heteroatoms. The largest absolute Gasteiger partial charge is 0.462 e. The highest BCUT2D eigenvalue weighted by molar-refractivity contribution is 6.53. The van der Waals surface area contributed by atoms with E-state index in [4.69, 9.17) is 16.3 Å². The number of carbonyl (C=O) groups is 4. The lowest BCUT2D eigenvalue weighted by molar-refractivity contribution is -0.120. The number of rotatable bonds is 6. The van der Waals surface area contributed by atoms with E-state index in [0.29, 0.717) is 16.8 Å². The molecule has 0 aromatic heterocycles. The number of carbonyl (C=O) groups excluding carboxylic acids is 4. The van der Waals surface area contributed by atoms with Crippen molar-refractivity contribution in [2.45, 2.75) is 19.8 Å². The van der Waals surface area contributed by atoms with Gasteiger partial charge < -0.3 is 15.0 Å². The Hall–Kier alpha value is -3.65. The molecule has 1 N–H and O–H groups in total. The van der Waals surface area contributed by atoms with Crippen molar-refractivity contribution in [2.24, 2.45) is 0 Å². The molecular weight excluding hydrogens is 446 g/mol. The van der Waals surface area contributed by atoms with Crippen LogP contribution in [0, 0.1) is 0 Å². The second-order valence-corrected chi connectivity index (χ2v) is 7.99. The highest BCUT2D eigenvalue weighted by Gasteiger charge is 2.39. The third-order valence-electron chi connectivity index (χ3n) is 5.44. The molecule has 2 aliphatic rings. The van der Waals surface area contributed by atoms with Crippen molar-refractivity contribution < 1.29 is 23.9 Å². The number of halogens is 1. The normalized spacial score (nSPS) is 15.9. The van der Waals surface area contributed by atoms with Gasteiger partial charge in [-0.25, -0.2) is 9.69 Å². The predicted octanol–water partition coefficient (Wildman–Crippen LogP) is 3.54. The molecular formula is C24H22ClN3O5. The summed E-state index contributed by atoms with van der Waals surface area (Å²) in [5.41, 5.74) is 1.44. The van der Waals surface area contributed by atoms with E-state index in [1.807, 2.05) is 0 Å². The van der Waals surface area contributed by atoms with Crippen molar-refractivity contribution in [1.82, 2.24) is 4.90 Å². The fourth-order valence-electron chi connectivity index (χ4n) is 3.78. The summed E-state index contributed by atoms with van der Waals surface area (Å²) in [7, 11) is 0. The number of hydrogen-bond donors (Lipinski definition) is 1. The van der Waals surface area contributed by atoms with E-state index in [0.717, 1.165) is 30.8 Å². The Balaban J connectivity index is 1.52. The van der Waals surface area contributed by atoms with Crippen LogP contribution >= 0.6 is 11.6 Å². The van der Waals surface area contributed by atoms with Gasteiger partial charge in [-0.05, 0) is 62.2 Å². The minimum atomic E-state index is -0.683. The van der Waals surface area contributed by atoms with Crippen LogP contribution in [0.15, 0.2) is 59.3 Å². The molecule has 2 aromatic carbocycles. The quantitative estimate of drug-likeness (QED) is 0.515. The van der Waals surface area contributed by atoms with Crippen molar-refractivity contribution in [2.75, 3.05) is 29.9 Å². The van der Waals surface area contributed by atoms with E-state index >= 15 is 0 Å². The second kappa shape index (κ2) is 9.46.